The molecule has 1 aromatic carbocycles. The van der Waals surface area contributed by atoms with Gasteiger partial charge in [0.15, 0.2) is 0 Å². The zero-order valence-corrected chi connectivity index (χ0v) is 12.4. The number of hydrogen-bond donors (Lipinski definition) is 2. The van der Waals surface area contributed by atoms with Crippen molar-refractivity contribution < 1.29 is 5.11 Å². The second kappa shape index (κ2) is 6.25. The molecule has 20 heavy (non-hydrogen) atoms. The van der Waals surface area contributed by atoms with E-state index in [9.17, 15) is 5.11 Å². The first-order valence-electron chi connectivity index (χ1n) is 7.96. The maximum atomic E-state index is 9.23. The molecule has 3 rings (SSSR count). The summed E-state index contributed by atoms with van der Waals surface area (Å²) >= 11 is 0. The Bertz CT molecular complexity index is 436. The van der Waals surface area contributed by atoms with E-state index in [2.05, 4.69) is 29.3 Å². The lowest BCUT2D eigenvalue weighted by atomic mass is 10.0. The third-order valence-corrected chi connectivity index (χ3v) is 4.71. The minimum absolute atomic E-state index is 0.125. The summed E-state index contributed by atoms with van der Waals surface area (Å²) in [6, 6.07) is 10.2. The van der Waals surface area contributed by atoms with Crippen molar-refractivity contribution in [2.24, 2.45) is 0 Å². The second-order valence-electron chi connectivity index (χ2n) is 6.33. The lowest BCUT2D eigenvalue weighted by molar-refractivity contribution is 0.184. The first kappa shape index (κ1) is 14.1. The molecule has 2 aliphatic rings. The topological polar surface area (TPSA) is 35.5 Å². The highest BCUT2D eigenvalue weighted by Crippen LogP contribution is 2.29. The summed E-state index contributed by atoms with van der Waals surface area (Å²) in [4.78, 5) is 2.66. The SMILES string of the molecule is CC(NC1CCN(C2CC2)CC1)c1cccc(CO)c1. The third-order valence-electron chi connectivity index (χ3n) is 4.71. The van der Waals surface area contributed by atoms with Crippen molar-refractivity contribution in [2.75, 3.05) is 13.1 Å². The quantitative estimate of drug-likeness (QED) is 0.866. The maximum absolute atomic E-state index is 9.23. The van der Waals surface area contributed by atoms with Gasteiger partial charge in [-0.05, 0) is 56.8 Å². The zero-order chi connectivity index (χ0) is 13.9. The van der Waals surface area contributed by atoms with E-state index in [4.69, 9.17) is 0 Å². The predicted octanol–water partition coefficient (Wildman–Crippen LogP) is 2.46. The van der Waals surface area contributed by atoms with Crippen molar-refractivity contribution in [3.05, 3.63) is 35.4 Å². The predicted molar refractivity (Wildman–Crippen MR) is 81.5 cm³/mol. The van der Waals surface area contributed by atoms with E-state index >= 15 is 0 Å². The van der Waals surface area contributed by atoms with Gasteiger partial charge in [-0.3, -0.25) is 0 Å². The molecule has 0 bridgehead atoms. The summed E-state index contributed by atoms with van der Waals surface area (Å²) in [5.74, 6) is 0. The van der Waals surface area contributed by atoms with Crippen LogP contribution in [0.4, 0.5) is 0 Å². The molecular weight excluding hydrogens is 248 g/mol. The highest BCUT2D eigenvalue weighted by atomic mass is 16.3. The van der Waals surface area contributed by atoms with Crippen LogP contribution in [-0.4, -0.2) is 35.2 Å². The number of aliphatic hydroxyl groups excluding tert-OH is 1. The van der Waals surface area contributed by atoms with Gasteiger partial charge in [-0.25, -0.2) is 0 Å². The summed E-state index contributed by atoms with van der Waals surface area (Å²) in [6.07, 6.45) is 5.37. The Morgan fingerprint density at radius 1 is 1.25 bits per heavy atom. The van der Waals surface area contributed by atoms with Gasteiger partial charge in [-0.2, -0.15) is 0 Å². The van der Waals surface area contributed by atoms with Crippen LogP contribution < -0.4 is 5.32 Å². The first-order valence-corrected chi connectivity index (χ1v) is 7.96. The smallest absolute Gasteiger partial charge is 0.0681 e. The van der Waals surface area contributed by atoms with Crippen LogP contribution in [0.25, 0.3) is 0 Å². The molecule has 3 nitrogen and oxygen atoms in total. The minimum Gasteiger partial charge on any atom is -0.392 e. The Kier molecular flexibility index (Phi) is 4.39. The van der Waals surface area contributed by atoms with E-state index in [1.165, 1.54) is 44.3 Å². The molecule has 1 aromatic rings. The Morgan fingerprint density at radius 2 is 2.00 bits per heavy atom. The van der Waals surface area contributed by atoms with Gasteiger partial charge in [0.25, 0.3) is 0 Å². The lowest BCUT2D eigenvalue weighted by Crippen LogP contribution is -2.44. The molecule has 1 aliphatic heterocycles. The van der Waals surface area contributed by atoms with Crippen LogP contribution in [0.2, 0.25) is 0 Å². The first-order chi connectivity index (χ1) is 9.76. The molecule has 110 valence electrons. The van der Waals surface area contributed by atoms with Gasteiger partial charge < -0.3 is 15.3 Å². The number of aliphatic hydroxyl groups is 1. The van der Waals surface area contributed by atoms with Crippen LogP contribution in [0.5, 0.6) is 0 Å². The summed E-state index contributed by atoms with van der Waals surface area (Å²) in [5, 5.41) is 13.0. The fourth-order valence-corrected chi connectivity index (χ4v) is 3.28. The molecule has 1 aliphatic carbocycles. The van der Waals surface area contributed by atoms with E-state index in [1.54, 1.807) is 0 Å². The maximum Gasteiger partial charge on any atom is 0.0681 e. The molecule has 1 saturated heterocycles. The second-order valence-corrected chi connectivity index (χ2v) is 6.33. The Balaban J connectivity index is 1.52. The Labute approximate surface area is 122 Å². The largest absolute Gasteiger partial charge is 0.392 e. The fourth-order valence-electron chi connectivity index (χ4n) is 3.28. The van der Waals surface area contributed by atoms with E-state index in [-0.39, 0.29) is 6.61 Å². The minimum atomic E-state index is 0.125. The van der Waals surface area contributed by atoms with Gasteiger partial charge >= 0.3 is 0 Å². The van der Waals surface area contributed by atoms with Gasteiger partial charge in [0.1, 0.15) is 0 Å². The molecule has 1 heterocycles. The van der Waals surface area contributed by atoms with E-state index < -0.39 is 0 Å². The highest BCUT2D eigenvalue weighted by molar-refractivity contribution is 5.25. The van der Waals surface area contributed by atoms with Gasteiger partial charge in [0.2, 0.25) is 0 Å². The fraction of sp³-hybridized carbons (Fsp3) is 0.647. The van der Waals surface area contributed by atoms with Gasteiger partial charge in [-0.15, -0.1) is 0 Å². The normalized spacial score (nSPS) is 22.9. The molecule has 1 atom stereocenters. The van der Waals surface area contributed by atoms with E-state index in [0.29, 0.717) is 12.1 Å². The average Bonchev–Trinajstić information content (AvgIpc) is 3.33. The van der Waals surface area contributed by atoms with Crippen LogP contribution in [-0.2, 0) is 6.61 Å². The summed E-state index contributed by atoms with van der Waals surface area (Å²) in [6.45, 7) is 4.86. The molecule has 2 N–H and O–H groups in total. The molecular formula is C17H26N2O. The van der Waals surface area contributed by atoms with Crippen molar-refractivity contribution in [3.63, 3.8) is 0 Å². The number of rotatable bonds is 5. The molecule has 0 aromatic heterocycles. The zero-order valence-electron chi connectivity index (χ0n) is 12.4. The van der Waals surface area contributed by atoms with Crippen molar-refractivity contribution in [2.45, 2.75) is 57.3 Å². The summed E-state index contributed by atoms with van der Waals surface area (Å²) in [5.41, 5.74) is 2.28. The van der Waals surface area contributed by atoms with Gasteiger partial charge in [-0.1, -0.05) is 24.3 Å². The Hall–Kier alpha value is -0.900. The number of piperidine rings is 1. The number of hydrogen-bond acceptors (Lipinski definition) is 3. The van der Waals surface area contributed by atoms with Crippen LogP contribution in [0.15, 0.2) is 24.3 Å². The lowest BCUT2D eigenvalue weighted by Gasteiger charge is -2.34. The molecule has 0 amide bonds. The number of benzene rings is 1. The summed E-state index contributed by atoms with van der Waals surface area (Å²) < 4.78 is 0. The van der Waals surface area contributed by atoms with Gasteiger partial charge in [0.05, 0.1) is 6.61 Å². The standard InChI is InChI=1S/C17H26N2O/c1-13(15-4-2-3-14(11-15)12-20)18-16-7-9-19(10-8-16)17-5-6-17/h2-4,11,13,16-18,20H,5-10,12H2,1H3. The van der Waals surface area contributed by atoms with Gasteiger partial charge in [0, 0.05) is 18.1 Å². The van der Waals surface area contributed by atoms with Crippen molar-refractivity contribution in [1.82, 2.24) is 10.2 Å². The number of nitrogens with one attached hydrogen (secondary N) is 1. The van der Waals surface area contributed by atoms with Crippen LogP contribution in [0.1, 0.15) is 49.8 Å². The molecule has 2 fully saturated rings. The van der Waals surface area contributed by atoms with E-state index in [1.807, 2.05) is 12.1 Å². The van der Waals surface area contributed by atoms with E-state index in [0.717, 1.165) is 11.6 Å². The number of likely N-dealkylation sites (tertiary alicyclic amines) is 1. The molecule has 0 radical (unpaired) electrons. The molecule has 0 spiro atoms. The number of nitrogens with zero attached hydrogens (tertiary/aromatic N) is 1. The Morgan fingerprint density at radius 3 is 2.65 bits per heavy atom. The average molecular weight is 274 g/mol. The van der Waals surface area contributed by atoms with Crippen LogP contribution in [0.3, 0.4) is 0 Å². The summed E-state index contributed by atoms with van der Waals surface area (Å²) in [7, 11) is 0. The van der Waals surface area contributed by atoms with Crippen molar-refractivity contribution >= 4 is 0 Å². The molecule has 1 unspecified atom stereocenters. The monoisotopic (exact) mass is 274 g/mol. The van der Waals surface area contributed by atoms with Crippen molar-refractivity contribution in [1.29, 1.82) is 0 Å². The van der Waals surface area contributed by atoms with Crippen LogP contribution in [0, 0.1) is 0 Å². The highest BCUT2D eigenvalue weighted by Gasteiger charge is 2.31. The third kappa shape index (κ3) is 3.40. The van der Waals surface area contributed by atoms with Crippen molar-refractivity contribution in [3.8, 4) is 0 Å². The molecule has 3 heteroatoms. The molecule has 1 saturated carbocycles. The van der Waals surface area contributed by atoms with Crippen LogP contribution >= 0.6 is 0 Å².